The van der Waals surface area contributed by atoms with Crippen molar-refractivity contribution in [3.05, 3.63) is 58.9 Å². The Morgan fingerprint density at radius 2 is 0.973 bits per heavy atom. The van der Waals surface area contributed by atoms with Gasteiger partial charge >= 0.3 is 6.09 Å². The molecule has 4 N–H and O–H groups in total. The van der Waals surface area contributed by atoms with Gasteiger partial charge in [0.1, 0.15) is 5.60 Å². The Morgan fingerprint density at radius 1 is 0.560 bits per heavy atom. The zero-order chi connectivity index (χ0) is 53.0. The smallest absolute Gasteiger partial charge is 0.407 e. The molecule has 6 aliphatic rings. The SMILES string of the molecule is CCCn1c2c(c3cc(NC(=O)C4CCC(NC(=O)C(C)(C)C)CC4)ccc31)CN(C1CCCC1)CC2.CCCn1c2c(c3cc(NC(=O)C4CCC(NC(=O)OC(C)(C)C)CC4)ccc31)CN(C1CCCC1)CC2. The van der Waals surface area contributed by atoms with Gasteiger partial charge in [0.05, 0.1) is 0 Å². The number of aromatic nitrogens is 2. The Labute approximate surface area is 448 Å². The lowest BCUT2D eigenvalue weighted by Gasteiger charge is -2.33. The third-order valence-corrected chi connectivity index (χ3v) is 17.6. The largest absolute Gasteiger partial charge is 0.444 e. The highest BCUT2D eigenvalue weighted by molar-refractivity contribution is 5.98. The molecule has 4 aromatic rings. The molecular formula is C62H92N8O5. The van der Waals surface area contributed by atoms with Crippen LogP contribution in [0.5, 0.6) is 0 Å². The van der Waals surface area contributed by atoms with Crippen molar-refractivity contribution in [2.24, 2.45) is 17.3 Å². The maximum atomic E-state index is 13.2. The van der Waals surface area contributed by atoms with Crippen LogP contribution in [0.25, 0.3) is 21.8 Å². The highest BCUT2D eigenvalue weighted by Crippen LogP contribution is 2.39. The van der Waals surface area contributed by atoms with E-state index in [4.69, 9.17) is 4.74 Å². The molecule has 0 radical (unpaired) electrons. The first-order valence-electron chi connectivity index (χ1n) is 29.6. The first-order valence-corrected chi connectivity index (χ1v) is 29.6. The number of hydrogen-bond donors (Lipinski definition) is 4. The molecule has 75 heavy (non-hydrogen) atoms. The number of nitrogens with one attached hydrogen (secondary N) is 4. The average Bonchev–Trinajstić information content (AvgIpc) is 4.22. The number of carbonyl (C=O) groups excluding carboxylic acids is 4. The lowest BCUT2D eigenvalue weighted by Crippen LogP contribution is -2.44. The predicted octanol–water partition coefficient (Wildman–Crippen LogP) is 12.4. The van der Waals surface area contributed by atoms with Crippen molar-refractivity contribution in [1.29, 1.82) is 0 Å². The fraction of sp³-hybridized carbons (Fsp3) is 0.677. The van der Waals surface area contributed by atoms with Crippen LogP contribution >= 0.6 is 0 Å². The van der Waals surface area contributed by atoms with Gasteiger partial charge in [-0.25, -0.2) is 4.79 Å². The van der Waals surface area contributed by atoms with Crippen LogP contribution in [0.2, 0.25) is 0 Å². The monoisotopic (exact) mass is 1030 g/mol. The molecule has 0 spiro atoms. The summed E-state index contributed by atoms with van der Waals surface area (Å²) >= 11 is 0. The van der Waals surface area contributed by atoms with E-state index in [9.17, 15) is 19.2 Å². The van der Waals surface area contributed by atoms with E-state index in [2.05, 4.69) is 90.4 Å². The van der Waals surface area contributed by atoms with E-state index in [0.717, 1.165) is 133 Å². The van der Waals surface area contributed by atoms with E-state index >= 15 is 0 Å². The molecule has 13 heteroatoms. The number of rotatable bonds is 12. The molecule has 2 aliphatic heterocycles. The average molecular weight is 1030 g/mol. The predicted molar refractivity (Wildman–Crippen MR) is 303 cm³/mol. The standard InChI is InChI=1S/C31H46N4O3.C31H46N4O2/c1-5-17-35-27-15-14-23(19-25(27)26-20-34(18-16-28(26)35)24-8-6-7-9-24)32-29(36)21-10-12-22(13-11-21)33-30(37)38-31(2,3)4;1-5-17-35-27-15-14-23(19-25(27)26-20-34(18-16-28(26)35)24-8-6-7-9-24)32-29(36)21-10-12-22(13-11-21)33-30(37)31(2,3)4/h14-15,19,21-22,24H,5-13,16-18,20H2,1-4H3,(H,32,36)(H,33,37);14-15,19,21-22,24H,5-13,16-18,20H2,1-4H3,(H,32,36)(H,33,37). The number of benzene rings is 2. The van der Waals surface area contributed by atoms with Gasteiger partial charge in [0, 0.05) is 138 Å². The second-order valence-electron chi connectivity index (χ2n) is 25.4. The van der Waals surface area contributed by atoms with E-state index in [1.165, 1.54) is 102 Å². The van der Waals surface area contributed by atoms with Gasteiger partial charge in [-0.1, -0.05) is 60.3 Å². The molecule has 10 rings (SSSR count). The molecule has 410 valence electrons. The third kappa shape index (κ3) is 13.1. The fourth-order valence-corrected chi connectivity index (χ4v) is 13.6. The van der Waals surface area contributed by atoms with Crippen molar-refractivity contribution < 1.29 is 23.9 Å². The van der Waals surface area contributed by atoms with Crippen LogP contribution < -0.4 is 21.3 Å². The first-order chi connectivity index (χ1) is 36.0. The molecule has 2 aromatic heterocycles. The second-order valence-corrected chi connectivity index (χ2v) is 25.4. The van der Waals surface area contributed by atoms with Gasteiger partial charge in [-0.3, -0.25) is 24.2 Å². The second kappa shape index (κ2) is 23.8. The molecule has 4 saturated carbocycles. The molecule has 4 aliphatic carbocycles. The van der Waals surface area contributed by atoms with Crippen LogP contribution in [0.1, 0.15) is 193 Å². The number of nitrogens with zero attached hydrogens (tertiary/aromatic N) is 4. The Bertz CT molecular complexity index is 2640. The van der Waals surface area contributed by atoms with E-state index in [1.807, 2.05) is 41.5 Å². The fourth-order valence-electron chi connectivity index (χ4n) is 13.6. The molecule has 4 heterocycles. The summed E-state index contributed by atoms with van der Waals surface area (Å²) < 4.78 is 10.5. The molecule has 4 amide bonds. The highest BCUT2D eigenvalue weighted by Gasteiger charge is 2.34. The third-order valence-electron chi connectivity index (χ3n) is 17.6. The molecule has 13 nitrogen and oxygen atoms in total. The van der Waals surface area contributed by atoms with Crippen LogP contribution in [-0.2, 0) is 58.1 Å². The van der Waals surface area contributed by atoms with Crippen LogP contribution in [0, 0.1) is 17.3 Å². The summed E-state index contributed by atoms with van der Waals surface area (Å²) in [6.45, 7) is 22.4. The molecule has 0 atom stereocenters. The van der Waals surface area contributed by atoms with E-state index in [-0.39, 0.29) is 53.1 Å². The van der Waals surface area contributed by atoms with E-state index in [0.29, 0.717) is 0 Å². The maximum Gasteiger partial charge on any atom is 0.407 e. The molecule has 2 aromatic carbocycles. The maximum absolute atomic E-state index is 13.2. The normalized spacial score (nSPS) is 23.0. The number of carbonyl (C=O) groups is 4. The van der Waals surface area contributed by atoms with Crippen LogP contribution in [-0.4, -0.2) is 85.6 Å². The van der Waals surface area contributed by atoms with Crippen molar-refractivity contribution in [3.63, 3.8) is 0 Å². The number of aryl methyl sites for hydroxylation is 2. The number of ether oxygens (including phenoxy) is 1. The summed E-state index contributed by atoms with van der Waals surface area (Å²) in [5.41, 5.74) is 9.49. The summed E-state index contributed by atoms with van der Waals surface area (Å²) in [5, 5.41) is 15.2. The van der Waals surface area contributed by atoms with Gasteiger partial charge in [-0.15, -0.1) is 0 Å². The number of amides is 4. The number of anilines is 2. The summed E-state index contributed by atoms with van der Waals surface area (Å²) in [7, 11) is 0. The van der Waals surface area contributed by atoms with Gasteiger partial charge in [0.15, 0.2) is 0 Å². The topological polar surface area (TPSA) is 142 Å². The zero-order valence-corrected chi connectivity index (χ0v) is 47.1. The van der Waals surface area contributed by atoms with Crippen molar-refractivity contribution in [2.75, 3.05) is 23.7 Å². The first kappa shape index (κ1) is 54.9. The van der Waals surface area contributed by atoms with Gasteiger partial charge in [0.25, 0.3) is 0 Å². The Balaban J connectivity index is 0.000000184. The van der Waals surface area contributed by atoms with E-state index < -0.39 is 5.60 Å². The number of hydrogen-bond acceptors (Lipinski definition) is 7. The Hall–Kier alpha value is -4.88. The lowest BCUT2D eigenvalue weighted by molar-refractivity contribution is -0.129. The molecule has 0 unspecified atom stereocenters. The van der Waals surface area contributed by atoms with Crippen molar-refractivity contribution >= 4 is 57.0 Å². The van der Waals surface area contributed by atoms with Crippen molar-refractivity contribution in [3.8, 4) is 0 Å². The summed E-state index contributed by atoms with van der Waals surface area (Å²) in [5.74, 6) is 0.288. The zero-order valence-electron chi connectivity index (χ0n) is 47.1. The van der Waals surface area contributed by atoms with Crippen molar-refractivity contribution in [2.45, 2.75) is 240 Å². The quantitative estimate of drug-likeness (QED) is 0.111. The Morgan fingerprint density at radius 3 is 1.36 bits per heavy atom. The highest BCUT2D eigenvalue weighted by atomic mass is 16.6. The minimum atomic E-state index is -0.506. The molecule has 0 saturated heterocycles. The minimum absolute atomic E-state index is 0.00921. The molecular weight excluding hydrogens is 937 g/mol. The summed E-state index contributed by atoms with van der Waals surface area (Å²) in [6, 6.07) is 14.7. The number of fused-ring (bicyclic) bond motifs is 6. The van der Waals surface area contributed by atoms with Crippen LogP contribution in [0.15, 0.2) is 36.4 Å². The van der Waals surface area contributed by atoms with Gasteiger partial charge in [-0.2, -0.15) is 0 Å². The summed E-state index contributed by atoms with van der Waals surface area (Å²) in [6.07, 6.45) is 21.4. The van der Waals surface area contributed by atoms with Crippen LogP contribution in [0.4, 0.5) is 16.2 Å². The Kier molecular flexibility index (Phi) is 17.4. The van der Waals surface area contributed by atoms with Gasteiger partial charge in [0.2, 0.25) is 17.7 Å². The van der Waals surface area contributed by atoms with Crippen LogP contribution in [0.3, 0.4) is 0 Å². The number of alkyl carbamates (subject to hydrolysis) is 1. The van der Waals surface area contributed by atoms with E-state index in [1.54, 1.807) is 0 Å². The molecule has 0 bridgehead atoms. The summed E-state index contributed by atoms with van der Waals surface area (Å²) in [4.78, 5) is 56.3. The minimum Gasteiger partial charge on any atom is -0.444 e. The molecule has 4 fully saturated rings. The van der Waals surface area contributed by atoms with Crippen molar-refractivity contribution in [1.82, 2.24) is 29.6 Å². The lowest BCUT2D eigenvalue weighted by atomic mass is 9.84. The van der Waals surface area contributed by atoms with Gasteiger partial charge in [-0.05, 0) is 158 Å². The van der Waals surface area contributed by atoms with Gasteiger partial charge < -0.3 is 35.1 Å².